The molecule has 0 aliphatic carbocycles. The number of nitrogens with one attached hydrogen (secondary N) is 1. The maximum Gasteiger partial charge on any atom is 0.322 e. The molecule has 0 heterocycles. The molecule has 0 aliphatic rings. The van der Waals surface area contributed by atoms with Crippen molar-refractivity contribution in [1.82, 2.24) is 5.32 Å². The number of carbonyl (C=O) groups excluding carboxylic acids is 1. The lowest BCUT2D eigenvalue weighted by molar-refractivity contribution is -0.138. The first-order valence-corrected chi connectivity index (χ1v) is 5.38. The number of rotatable bonds is 7. The minimum atomic E-state index is -1.08. The summed E-state index contributed by atoms with van der Waals surface area (Å²) in [5.74, 6) is -0.309. The van der Waals surface area contributed by atoms with Crippen LogP contribution in [0.15, 0.2) is 24.3 Å². The van der Waals surface area contributed by atoms with Crippen LogP contribution in [0.4, 0.5) is 0 Å². The molecule has 0 spiro atoms. The summed E-state index contributed by atoms with van der Waals surface area (Å²) in [4.78, 5) is 21.4. The van der Waals surface area contributed by atoms with Crippen molar-refractivity contribution in [3.05, 3.63) is 24.3 Å². The Labute approximate surface area is 105 Å². The zero-order valence-electron chi connectivity index (χ0n) is 10.0. The monoisotopic (exact) mass is 253 g/mol. The third-order valence-electron chi connectivity index (χ3n) is 2.09. The number of para-hydroxylation sites is 2. The molecular weight excluding hydrogens is 238 g/mol. The van der Waals surface area contributed by atoms with E-state index in [9.17, 15) is 9.59 Å². The van der Waals surface area contributed by atoms with Crippen molar-refractivity contribution in [3.63, 3.8) is 0 Å². The van der Waals surface area contributed by atoms with Gasteiger partial charge in [-0.3, -0.25) is 9.59 Å². The highest BCUT2D eigenvalue weighted by molar-refractivity contribution is 5.81. The molecule has 1 aromatic carbocycles. The third-order valence-corrected chi connectivity index (χ3v) is 2.09. The molecule has 0 aliphatic heterocycles. The van der Waals surface area contributed by atoms with Crippen molar-refractivity contribution in [3.8, 4) is 11.5 Å². The fraction of sp³-hybridized carbons (Fsp3) is 0.333. The van der Waals surface area contributed by atoms with Gasteiger partial charge in [-0.2, -0.15) is 0 Å². The summed E-state index contributed by atoms with van der Waals surface area (Å²) in [6.45, 7) is -0.223. The molecule has 0 unspecified atom stereocenters. The maximum atomic E-state index is 11.2. The Morgan fingerprint density at radius 1 is 1.28 bits per heavy atom. The van der Waals surface area contributed by atoms with Crippen molar-refractivity contribution in [2.45, 2.75) is 6.42 Å². The lowest BCUT2D eigenvalue weighted by Gasteiger charge is -2.09. The molecule has 0 aromatic heterocycles. The van der Waals surface area contributed by atoms with Crippen LogP contribution < -0.4 is 14.8 Å². The van der Waals surface area contributed by atoms with Gasteiger partial charge in [0, 0.05) is 0 Å². The molecule has 0 atom stereocenters. The SMILES string of the molecule is COc1ccccc1OCCC(=O)NCC(=O)O. The average Bonchev–Trinajstić information content (AvgIpc) is 2.37. The second-order valence-electron chi connectivity index (χ2n) is 3.42. The number of amides is 1. The predicted molar refractivity (Wildman–Crippen MR) is 63.8 cm³/mol. The molecule has 0 fully saturated rings. The van der Waals surface area contributed by atoms with Crippen LogP contribution in [0.25, 0.3) is 0 Å². The normalized spacial score (nSPS) is 9.61. The van der Waals surface area contributed by atoms with E-state index in [1.54, 1.807) is 18.2 Å². The van der Waals surface area contributed by atoms with E-state index in [2.05, 4.69) is 5.32 Å². The van der Waals surface area contributed by atoms with Crippen LogP contribution in [0.5, 0.6) is 11.5 Å². The molecule has 2 N–H and O–H groups in total. The maximum absolute atomic E-state index is 11.2. The van der Waals surface area contributed by atoms with Crippen LogP contribution in [0.2, 0.25) is 0 Å². The average molecular weight is 253 g/mol. The van der Waals surface area contributed by atoms with Gasteiger partial charge in [-0.1, -0.05) is 12.1 Å². The molecule has 6 heteroatoms. The number of aliphatic carboxylic acids is 1. The van der Waals surface area contributed by atoms with Crippen molar-refractivity contribution in [2.75, 3.05) is 20.3 Å². The van der Waals surface area contributed by atoms with Crippen LogP contribution >= 0.6 is 0 Å². The van der Waals surface area contributed by atoms with E-state index in [-0.39, 0.29) is 25.5 Å². The summed E-state index contributed by atoms with van der Waals surface area (Å²) in [6, 6.07) is 7.08. The largest absolute Gasteiger partial charge is 0.493 e. The van der Waals surface area contributed by atoms with Gasteiger partial charge in [0.25, 0.3) is 0 Å². The summed E-state index contributed by atoms with van der Waals surface area (Å²) in [5.41, 5.74) is 0. The summed E-state index contributed by atoms with van der Waals surface area (Å²) in [7, 11) is 1.53. The fourth-order valence-electron chi connectivity index (χ4n) is 1.25. The summed E-state index contributed by atoms with van der Waals surface area (Å²) in [6.07, 6.45) is 0.0886. The summed E-state index contributed by atoms with van der Waals surface area (Å²) in [5, 5.41) is 10.6. The minimum absolute atomic E-state index is 0.0886. The minimum Gasteiger partial charge on any atom is -0.493 e. The van der Waals surface area contributed by atoms with Gasteiger partial charge in [0.05, 0.1) is 20.1 Å². The zero-order valence-corrected chi connectivity index (χ0v) is 10.0. The van der Waals surface area contributed by atoms with E-state index >= 15 is 0 Å². The number of methoxy groups -OCH3 is 1. The van der Waals surface area contributed by atoms with E-state index < -0.39 is 5.97 Å². The van der Waals surface area contributed by atoms with Gasteiger partial charge in [-0.05, 0) is 12.1 Å². The molecule has 1 amide bonds. The lowest BCUT2D eigenvalue weighted by Crippen LogP contribution is -2.30. The Balaban J connectivity index is 2.33. The fourth-order valence-corrected chi connectivity index (χ4v) is 1.25. The molecule has 98 valence electrons. The number of benzene rings is 1. The van der Waals surface area contributed by atoms with Gasteiger partial charge < -0.3 is 19.9 Å². The zero-order chi connectivity index (χ0) is 13.4. The van der Waals surface area contributed by atoms with E-state index in [1.807, 2.05) is 6.07 Å². The first kappa shape index (κ1) is 13.8. The van der Waals surface area contributed by atoms with E-state index in [0.717, 1.165) is 0 Å². The van der Waals surface area contributed by atoms with Gasteiger partial charge in [-0.15, -0.1) is 0 Å². The first-order valence-electron chi connectivity index (χ1n) is 5.38. The Hall–Kier alpha value is -2.24. The number of carboxylic acid groups (broad SMARTS) is 1. The number of carbonyl (C=O) groups is 2. The summed E-state index contributed by atoms with van der Waals surface area (Å²) < 4.78 is 10.5. The van der Waals surface area contributed by atoms with E-state index in [0.29, 0.717) is 11.5 Å². The Morgan fingerprint density at radius 3 is 2.56 bits per heavy atom. The molecule has 0 bridgehead atoms. The second-order valence-corrected chi connectivity index (χ2v) is 3.42. The van der Waals surface area contributed by atoms with Gasteiger partial charge in [0.1, 0.15) is 6.54 Å². The molecule has 0 saturated heterocycles. The van der Waals surface area contributed by atoms with Gasteiger partial charge in [0.2, 0.25) is 5.91 Å². The van der Waals surface area contributed by atoms with Gasteiger partial charge in [0.15, 0.2) is 11.5 Å². The smallest absolute Gasteiger partial charge is 0.322 e. The number of hydrogen-bond donors (Lipinski definition) is 2. The number of hydrogen-bond acceptors (Lipinski definition) is 4. The van der Waals surface area contributed by atoms with Crippen LogP contribution in [0, 0.1) is 0 Å². The molecular formula is C12H15NO5. The molecule has 6 nitrogen and oxygen atoms in total. The highest BCUT2D eigenvalue weighted by Gasteiger charge is 2.06. The summed E-state index contributed by atoms with van der Waals surface area (Å²) >= 11 is 0. The van der Waals surface area contributed by atoms with Crippen LogP contribution in [-0.2, 0) is 9.59 Å². The lowest BCUT2D eigenvalue weighted by atomic mass is 10.3. The molecule has 1 rings (SSSR count). The molecule has 0 radical (unpaired) electrons. The topological polar surface area (TPSA) is 84.9 Å². The van der Waals surface area contributed by atoms with E-state index in [1.165, 1.54) is 7.11 Å². The number of ether oxygens (including phenoxy) is 2. The van der Waals surface area contributed by atoms with Gasteiger partial charge >= 0.3 is 5.97 Å². The van der Waals surface area contributed by atoms with Gasteiger partial charge in [-0.25, -0.2) is 0 Å². The van der Waals surface area contributed by atoms with Crippen LogP contribution in [0.1, 0.15) is 6.42 Å². The standard InChI is InChI=1S/C12H15NO5/c1-17-9-4-2-3-5-10(9)18-7-6-11(14)13-8-12(15)16/h2-5H,6-8H2,1H3,(H,13,14)(H,15,16). The Kier molecular flexibility index (Phi) is 5.50. The van der Waals surface area contributed by atoms with Crippen molar-refractivity contribution in [2.24, 2.45) is 0 Å². The number of carboxylic acids is 1. The Bertz CT molecular complexity index is 419. The van der Waals surface area contributed by atoms with Crippen LogP contribution in [0.3, 0.4) is 0 Å². The van der Waals surface area contributed by atoms with E-state index in [4.69, 9.17) is 14.6 Å². The molecule has 1 aromatic rings. The highest BCUT2D eigenvalue weighted by atomic mass is 16.5. The quantitative estimate of drug-likeness (QED) is 0.745. The van der Waals surface area contributed by atoms with Crippen molar-refractivity contribution < 1.29 is 24.2 Å². The predicted octanol–water partition coefficient (Wildman–Crippen LogP) is 0.665. The molecule has 18 heavy (non-hydrogen) atoms. The van der Waals surface area contributed by atoms with Crippen LogP contribution in [-0.4, -0.2) is 37.2 Å². The Morgan fingerprint density at radius 2 is 1.94 bits per heavy atom. The first-order chi connectivity index (χ1) is 8.63. The second kappa shape index (κ2) is 7.16. The highest BCUT2D eigenvalue weighted by Crippen LogP contribution is 2.25. The van der Waals surface area contributed by atoms with Crippen molar-refractivity contribution >= 4 is 11.9 Å². The third kappa shape index (κ3) is 4.73. The molecule has 0 saturated carbocycles. The van der Waals surface area contributed by atoms with Crippen molar-refractivity contribution in [1.29, 1.82) is 0 Å².